The molecule has 1 aromatic carbocycles. The van der Waals surface area contributed by atoms with E-state index in [0.29, 0.717) is 13.2 Å². The number of anilines is 2. The Morgan fingerprint density at radius 2 is 2.22 bits per heavy atom. The van der Waals surface area contributed by atoms with Crippen molar-refractivity contribution >= 4 is 17.3 Å². The lowest BCUT2D eigenvalue weighted by molar-refractivity contribution is 0.0643. The molecule has 0 atom stereocenters. The lowest BCUT2D eigenvalue weighted by atomic mass is 10.0. The first kappa shape index (κ1) is 12.7. The number of carboxylic acid groups (broad SMARTS) is 1. The van der Waals surface area contributed by atoms with Crippen LogP contribution in [0.4, 0.5) is 11.4 Å². The number of benzene rings is 1. The number of aromatic carboxylic acids is 1. The number of nitrogen functional groups attached to an aromatic ring is 1. The number of hydrogen-bond donors (Lipinski definition) is 2. The maximum Gasteiger partial charge on any atom is 0.337 e. The van der Waals surface area contributed by atoms with Crippen LogP contribution >= 0.6 is 0 Å². The van der Waals surface area contributed by atoms with Crippen LogP contribution in [0.2, 0.25) is 0 Å². The zero-order valence-electron chi connectivity index (χ0n) is 10.6. The molecule has 0 aliphatic carbocycles. The van der Waals surface area contributed by atoms with Crippen LogP contribution in [0, 0.1) is 0 Å². The summed E-state index contributed by atoms with van der Waals surface area (Å²) in [6, 6.07) is 5.13. The number of nitrogens with two attached hydrogens (primary N) is 1. The van der Waals surface area contributed by atoms with Gasteiger partial charge in [-0.1, -0.05) is 0 Å². The summed E-state index contributed by atoms with van der Waals surface area (Å²) in [6.07, 6.45) is 0. The molecule has 1 heterocycles. The van der Waals surface area contributed by atoms with Gasteiger partial charge in [0.1, 0.15) is 0 Å². The number of carboxylic acids is 1. The quantitative estimate of drug-likeness (QED) is 0.779. The molecule has 1 fully saturated rings. The Kier molecular flexibility index (Phi) is 3.17. The highest BCUT2D eigenvalue weighted by Crippen LogP contribution is 2.29. The highest BCUT2D eigenvalue weighted by Gasteiger charge is 2.31. The molecule has 1 aromatic rings. The molecule has 3 N–H and O–H groups in total. The van der Waals surface area contributed by atoms with Crippen molar-refractivity contribution in [3.8, 4) is 0 Å². The van der Waals surface area contributed by atoms with Crippen LogP contribution in [0.5, 0.6) is 0 Å². The topological polar surface area (TPSA) is 75.8 Å². The van der Waals surface area contributed by atoms with Crippen molar-refractivity contribution < 1.29 is 14.6 Å². The van der Waals surface area contributed by atoms with Crippen molar-refractivity contribution in [3.05, 3.63) is 23.8 Å². The largest absolute Gasteiger partial charge is 0.478 e. The van der Waals surface area contributed by atoms with Gasteiger partial charge in [0.15, 0.2) is 0 Å². The average molecular weight is 250 g/mol. The zero-order chi connectivity index (χ0) is 13.3. The van der Waals surface area contributed by atoms with E-state index in [9.17, 15) is 4.79 Å². The van der Waals surface area contributed by atoms with Crippen LogP contribution in [0.25, 0.3) is 0 Å². The first-order chi connectivity index (χ1) is 8.42. The third kappa shape index (κ3) is 2.26. The number of rotatable bonds is 2. The fourth-order valence-corrected chi connectivity index (χ4v) is 2.23. The fraction of sp³-hybridized carbons (Fsp3) is 0.462. The molecule has 0 amide bonds. The van der Waals surface area contributed by atoms with E-state index in [2.05, 4.69) is 18.7 Å². The van der Waals surface area contributed by atoms with Crippen molar-refractivity contribution in [1.82, 2.24) is 0 Å². The van der Waals surface area contributed by atoms with E-state index in [0.717, 1.165) is 12.2 Å². The van der Waals surface area contributed by atoms with Gasteiger partial charge in [0, 0.05) is 17.9 Å². The predicted octanol–water partition coefficient (Wildman–Crippen LogP) is 1.58. The molecule has 0 spiro atoms. The van der Waals surface area contributed by atoms with Gasteiger partial charge in [-0.15, -0.1) is 0 Å². The van der Waals surface area contributed by atoms with Gasteiger partial charge >= 0.3 is 5.97 Å². The minimum atomic E-state index is -1.000. The average Bonchev–Trinajstić information content (AvgIpc) is 2.29. The van der Waals surface area contributed by atoms with Gasteiger partial charge < -0.3 is 20.5 Å². The predicted molar refractivity (Wildman–Crippen MR) is 70.1 cm³/mol. The Morgan fingerprint density at radius 3 is 2.83 bits per heavy atom. The lowest BCUT2D eigenvalue weighted by Gasteiger charge is -2.44. The van der Waals surface area contributed by atoms with Gasteiger partial charge in [-0.2, -0.15) is 0 Å². The molecule has 5 nitrogen and oxygen atoms in total. The van der Waals surface area contributed by atoms with Crippen LogP contribution in [-0.2, 0) is 4.74 Å². The van der Waals surface area contributed by atoms with Crippen molar-refractivity contribution in [2.45, 2.75) is 19.4 Å². The van der Waals surface area contributed by atoms with E-state index in [1.807, 2.05) is 6.07 Å². The number of carbonyl (C=O) groups is 1. The maximum atomic E-state index is 11.1. The molecule has 0 unspecified atom stereocenters. The fourth-order valence-electron chi connectivity index (χ4n) is 2.23. The Morgan fingerprint density at radius 1 is 1.50 bits per heavy atom. The summed E-state index contributed by atoms with van der Waals surface area (Å²) in [4.78, 5) is 13.3. The van der Waals surface area contributed by atoms with Crippen molar-refractivity contribution in [1.29, 1.82) is 0 Å². The molecule has 1 aliphatic rings. The van der Waals surface area contributed by atoms with Gasteiger partial charge in [0.25, 0.3) is 0 Å². The Labute approximate surface area is 106 Å². The standard InChI is InChI=1S/C13H18N2O3/c1-13(2)8-18-6-5-15(13)9-3-4-11(14)10(7-9)12(16)17/h3-4,7H,5-6,8,14H2,1-2H3,(H,16,17). The highest BCUT2D eigenvalue weighted by molar-refractivity contribution is 5.94. The minimum Gasteiger partial charge on any atom is -0.478 e. The van der Waals surface area contributed by atoms with Gasteiger partial charge in [-0.05, 0) is 32.0 Å². The number of nitrogens with zero attached hydrogens (tertiary/aromatic N) is 1. The molecule has 98 valence electrons. The number of ether oxygens (including phenoxy) is 1. The molecule has 2 rings (SSSR count). The van der Waals surface area contributed by atoms with Crippen molar-refractivity contribution in [2.75, 3.05) is 30.4 Å². The molecule has 18 heavy (non-hydrogen) atoms. The molecule has 0 bridgehead atoms. The van der Waals surface area contributed by atoms with Crippen LogP contribution in [-0.4, -0.2) is 36.4 Å². The molecule has 0 saturated carbocycles. The summed E-state index contributed by atoms with van der Waals surface area (Å²) in [6.45, 7) is 6.16. The Bertz CT molecular complexity index is 471. The van der Waals surface area contributed by atoms with E-state index in [4.69, 9.17) is 15.6 Å². The third-order valence-electron chi connectivity index (χ3n) is 3.22. The van der Waals surface area contributed by atoms with Crippen LogP contribution < -0.4 is 10.6 Å². The molecule has 1 saturated heterocycles. The summed E-state index contributed by atoms with van der Waals surface area (Å²) < 4.78 is 5.46. The summed E-state index contributed by atoms with van der Waals surface area (Å²) in [5.41, 5.74) is 6.82. The molecule has 0 aromatic heterocycles. The highest BCUT2D eigenvalue weighted by atomic mass is 16.5. The van der Waals surface area contributed by atoms with E-state index in [-0.39, 0.29) is 16.8 Å². The van der Waals surface area contributed by atoms with Crippen LogP contribution in [0.15, 0.2) is 18.2 Å². The first-order valence-electron chi connectivity index (χ1n) is 5.90. The van der Waals surface area contributed by atoms with Crippen LogP contribution in [0.3, 0.4) is 0 Å². The van der Waals surface area contributed by atoms with E-state index >= 15 is 0 Å². The number of hydrogen-bond acceptors (Lipinski definition) is 4. The monoisotopic (exact) mass is 250 g/mol. The van der Waals surface area contributed by atoms with Crippen molar-refractivity contribution in [3.63, 3.8) is 0 Å². The summed E-state index contributed by atoms with van der Waals surface area (Å²) >= 11 is 0. The third-order valence-corrected chi connectivity index (χ3v) is 3.22. The van der Waals surface area contributed by atoms with Gasteiger partial charge in [0.05, 0.1) is 24.3 Å². The minimum absolute atomic E-state index is 0.148. The molecular formula is C13H18N2O3. The van der Waals surface area contributed by atoms with E-state index in [1.165, 1.54) is 0 Å². The second-order valence-corrected chi connectivity index (χ2v) is 5.09. The Balaban J connectivity index is 2.38. The van der Waals surface area contributed by atoms with Gasteiger partial charge in [-0.3, -0.25) is 0 Å². The van der Waals surface area contributed by atoms with Gasteiger partial charge in [-0.25, -0.2) is 4.79 Å². The van der Waals surface area contributed by atoms with Crippen LogP contribution in [0.1, 0.15) is 24.2 Å². The SMILES string of the molecule is CC1(C)COCCN1c1ccc(N)c(C(=O)O)c1. The zero-order valence-corrected chi connectivity index (χ0v) is 10.6. The first-order valence-corrected chi connectivity index (χ1v) is 5.90. The summed E-state index contributed by atoms with van der Waals surface area (Å²) in [5, 5.41) is 9.10. The maximum absolute atomic E-state index is 11.1. The normalized spacial score (nSPS) is 18.7. The van der Waals surface area contributed by atoms with E-state index < -0.39 is 5.97 Å². The Hall–Kier alpha value is -1.75. The molecular weight excluding hydrogens is 232 g/mol. The van der Waals surface area contributed by atoms with Gasteiger partial charge in [0.2, 0.25) is 0 Å². The van der Waals surface area contributed by atoms with E-state index in [1.54, 1.807) is 12.1 Å². The summed E-state index contributed by atoms with van der Waals surface area (Å²) in [7, 11) is 0. The molecule has 0 radical (unpaired) electrons. The summed E-state index contributed by atoms with van der Waals surface area (Å²) in [5.74, 6) is -1.000. The second kappa shape index (κ2) is 4.49. The molecule has 5 heteroatoms. The second-order valence-electron chi connectivity index (χ2n) is 5.09. The molecule has 1 aliphatic heterocycles. The smallest absolute Gasteiger partial charge is 0.337 e. The number of morpholine rings is 1. The lowest BCUT2D eigenvalue weighted by Crippen LogP contribution is -2.53. The van der Waals surface area contributed by atoms with Crippen molar-refractivity contribution in [2.24, 2.45) is 0 Å².